The minimum atomic E-state index is 0.415. The maximum Gasteiger partial charge on any atom is 0.210 e. The van der Waals surface area contributed by atoms with Crippen LogP contribution >= 0.6 is 0 Å². The number of benzene rings is 1. The van der Waals surface area contributed by atoms with Crippen LogP contribution in [-0.2, 0) is 6.42 Å². The van der Waals surface area contributed by atoms with Gasteiger partial charge in [-0.25, -0.2) is 10.8 Å². The van der Waals surface area contributed by atoms with Crippen molar-refractivity contribution in [2.75, 3.05) is 5.32 Å². The van der Waals surface area contributed by atoms with Crippen LogP contribution in [0.15, 0.2) is 29.3 Å². The molecule has 1 saturated carbocycles. The third-order valence-electron chi connectivity index (χ3n) is 3.53. The molecule has 0 saturated heterocycles. The largest absolute Gasteiger partial charge is 0.325 e. The Bertz CT molecular complexity index is 405. The molecule has 0 unspecified atom stereocenters. The minimum Gasteiger partial charge on any atom is -0.325 e. The summed E-state index contributed by atoms with van der Waals surface area (Å²) in [5.41, 5.74) is 5.04. The van der Waals surface area contributed by atoms with E-state index in [1.54, 1.807) is 0 Å². The van der Waals surface area contributed by atoms with Crippen LogP contribution in [0.1, 0.15) is 44.6 Å². The lowest BCUT2D eigenvalue weighted by molar-refractivity contribution is 0.700. The number of guanidine groups is 1. The molecule has 0 aliphatic heterocycles. The number of aryl methyl sites for hydroxylation is 1. The molecule has 19 heavy (non-hydrogen) atoms. The van der Waals surface area contributed by atoms with Gasteiger partial charge >= 0.3 is 0 Å². The first-order valence-electron chi connectivity index (χ1n) is 7.22. The van der Waals surface area contributed by atoms with Crippen molar-refractivity contribution in [3.05, 3.63) is 29.8 Å². The summed E-state index contributed by atoms with van der Waals surface area (Å²) >= 11 is 0. The summed E-state index contributed by atoms with van der Waals surface area (Å²) in [5, 5.41) is 3.24. The number of hydrazine groups is 1. The molecule has 0 bridgehead atoms. The second-order valence-corrected chi connectivity index (χ2v) is 5.13. The lowest BCUT2D eigenvalue weighted by atomic mass is 10.1. The van der Waals surface area contributed by atoms with E-state index < -0.39 is 0 Å². The Balaban J connectivity index is 1.97. The Labute approximate surface area is 115 Å². The quantitative estimate of drug-likeness (QED) is 0.337. The highest BCUT2D eigenvalue weighted by Crippen LogP contribution is 2.21. The first kappa shape index (κ1) is 13.9. The molecule has 1 fully saturated rings. The van der Waals surface area contributed by atoms with E-state index in [9.17, 15) is 0 Å². The molecule has 0 radical (unpaired) electrons. The van der Waals surface area contributed by atoms with Crippen molar-refractivity contribution < 1.29 is 0 Å². The lowest BCUT2D eigenvalue weighted by Gasteiger charge is -2.12. The summed E-state index contributed by atoms with van der Waals surface area (Å²) in [6, 6.07) is 8.86. The zero-order chi connectivity index (χ0) is 13.5. The standard InChI is InChI=1S/C15H24N4/c1-2-5-12-8-10-14(11-9-12)18-15(19-16)17-13-6-3-4-7-13/h8-11,13H,2-7,16H2,1H3,(H2,17,18,19). The number of anilines is 1. The van der Waals surface area contributed by atoms with Crippen LogP contribution in [0.4, 0.5) is 5.69 Å². The Kier molecular flexibility index (Phi) is 5.21. The highest BCUT2D eigenvalue weighted by Gasteiger charge is 2.14. The van der Waals surface area contributed by atoms with Crippen LogP contribution in [0.5, 0.6) is 0 Å². The van der Waals surface area contributed by atoms with E-state index >= 15 is 0 Å². The molecule has 1 aromatic rings. The summed E-state index contributed by atoms with van der Waals surface area (Å²) in [6.07, 6.45) is 7.18. The van der Waals surface area contributed by atoms with Crippen molar-refractivity contribution in [2.24, 2.45) is 10.8 Å². The second-order valence-electron chi connectivity index (χ2n) is 5.13. The summed E-state index contributed by atoms with van der Waals surface area (Å²) in [5.74, 6) is 6.20. The monoisotopic (exact) mass is 260 g/mol. The van der Waals surface area contributed by atoms with E-state index in [1.807, 2.05) is 0 Å². The third kappa shape index (κ3) is 4.24. The normalized spacial score (nSPS) is 16.6. The number of hydrogen-bond acceptors (Lipinski definition) is 2. The van der Waals surface area contributed by atoms with E-state index in [1.165, 1.54) is 37.7 Å². The van der Waals surface area contributed by atoms with Crippen LogP contribution in [0.3, 0.4) is 0 Å². The fourth-order valence-corrected chi connectivity index (χ4v) is 2.50. The minimum absolute atomic E-state index is 0.415. The second kappa shape index (κ2) is 7.14. The van der Waals surface area contributed by atoms with Gasteiger partial charge in [0.05, 0.1) is 6.04 Å². The van der Waals surface area contributed by atoms with E-state index in [0.29, 0.717) is 12.0 Å². The van der Waals surface area contributed by atoms with Crippen molar-refractivity contribution in [1.82, 2.24) is 5.43 Å². The molecule has 4 N–H and O–H groups in total. The first-order chi connectivity index (χ1) is 9.31. The molecule has 0 spiro atoms. The molecular formula is C15H24N4. The van der Waals surface area contributed by atoms with Gasteiger partial charge in [0.15, 0.2) is 0 Å². The van der Waals surface area contributed by atoms with Crippen molar-refractivity contribution in [3.63, 3.8) is 0 Å². The average Bonchev–Trinajstić information content (AvgIpc) is 2.93. The molecule has 104 valence electrons. The Hall–Kier alpha value is -1.55. The fraction of sp³-hybridized carbons (Fsp3) is 0.533. The zero-order valence-corrected chi connectivity index (χ0v) is 11.7. The van der Waals surface area contributed by atoms with Gasteiger partial charge in [-0.15, -0.1) is 0 Å². The lowest BCUT2D eigenvalue weighted by Crippen LogP contribution is -2.37. The molecule has 1 aromatic carbocycles. The van der Waals surface area contributed by atoms with Crippen molar-refractivity contribution in [2.45, 2.75) is 51.5 Å². The van der Waals surface area contributed by atoms with Crippen LogP contribution in [-0.4, -0.2) is 12.0 Å². The van der Waals surface area contributed by atoms with E-state index in [-0.39, 0.29) is 0 Å². The summed E-state index contributed by atoms with van der Waals surface area (Å²) < 4.78 is 0. The molecular weight excluding hydrogens is 236 g/mol. The SMILES string of the molecule is CCCc1ccc(NC(=NC2CCCC2)NN)cc1. The van der Waals surface area contributed by atoms with Gasteiger partial charge in [-0.2, -0.15) is 0 Å². The van der Waals surface area contributed by atoms with Gasteiger partial charge in [-0.3, -0.25) is 5.43 Å². The molecule has 4 heteroatoms. The van der Waals surface area contributed by atoms with Crippen LogP contribution < -0.4 is 16.6 Å². The van der Waals surface area contributed by atoms with Crippen molar-refractivity contribution in [3.8, 4) is 0 Å². The molecule has 1 aliphatic rings. The number of hydrogen-bond donors (Lipinski definition) is 3. The van der Waals surface area contributed by atoms with Crippen LogP contribution in [0.25, 0.3) is 0 Å². The van der Waals surface area contributed by atoms with Crippen molar-refractivity contribution >= 4 is 11.6 Å². The number of nitrogens with two attached hydrogens (primary N) is 1. The van der Waals surface area contributed by atoms with Gasteiger partial charge in [-0.05, 0) is 37.0 Å². The average molecular weight is 260 g/mol. The summed E-state index contributed by atoms with van der Waals surface area (Å²) in [4.78, 5) is 4.62. The van der Waals surface area contributed by atoms with E-state index in [0.717, 1.165) is 12.1 Å². The van der Waals surface area contributed by atoms with Gasteiger partial charge in [0.25, 0.3) is 0 Å². The molecule has 1 aliphatic carbocycles. The molecule has 0 aromatic heterocycles. The Morgan fingerprint density at radius 3 is 2.53 bits per heavy atom. The number of aliphatic imine (C=N–C) groups is 1. The molecule has 2 rings (SSSR count). The summed E-state index contributed by atoms with van der Waals surface area (Å²) in [6.45, 7) is 2.19. The maximum absolute atomic E-state index is 5.53. The fourth-order valence-electron chi connectivity index (χ4n) is 2.50. The zero-order valence-electron chi connectivity index (χ0n) is 11.7. The summed E-state index contributed by atoms with van der Waals surface area (Å²) in [7, 11) is 0. The van der Waals surface area contributed by atoms with Crippen LogP contribution in [0.2, 0.25) is 0 Å². The Morgan fingerprint density at radius 1 is 1.26 bits per heavy atom. The molecule has 4 nitrogen and oxygen atoms in total. The van der Waals surface area contributed by atoms with Crippen LogP contribution in [0, 0.1) is 0 Å². The number of nitrogens with one attached hydrogen (secondary N) is 2. The maximum atomic E-state index is 5.53. The predicted molar refractivity (Wildman–Crippen MR) is 81.1 cm³/mol. The van der Waals surface area contributed by atoms with Crippen molar-refractivity contribution in [1.29, 1.82) is 0 Å². The van der Waals surface area contributed by atoms with Gasteiger partial charge in [0, 0.05) is 5.69 Å². The molecule has 0 atom stereocenters. The molecule has 0 heterocycles. The number of nitrogens with zero attached hydrogens (tertiary/aromatic N) is 1. The van der Waals surface area contributed by atoms with Gasteiger partial charge in [0.1, 0.15) is 0 Å². The van der Waals surface area contributed by atoms with Gasteiger partial charge in [-0.1, -0.05) is 38.3 Å². The topological polar surface area (TPSA) is 62.4 Å². The van der Waals surface area contributed by atoms with E-state index in [4.69, 9.17) is 5.84 Å². The van der Waals surface area contributed by atoms with Gasteiger partial charge in [0.2, 0.25) is 5.96 Å². The number of rotatable bonds is 4. The highest BCUT2D eigenvalue weighted by atomic mass is 15.3. The predicted octanol–water partition coefficient (Wildman–Crippen LogP) is 2.81. The Morgan fingerprint density at radius 2 is 1.95 bits per heavy atom. The third-order valence-corrected chi connectivity index (χ3v) is 3.53. The molecule has 0 amide bonds. The first-order valence-corrected chi connectivity index (χ1v) is 7.22. The highest BCUT2D eigenvalue weighted by molar-refractivity contribution is 5.93. The van der Waals surface area contributed by atoms with Gasteiger partial charge < -0.3 is 5.32 Å². The van der Waals surface area contributed by atoms with E-state index in [2.05, 4.69) is 46.9 Å². The smallest absolute Gasteiger partial charge is 0.210 e.